The molecule has 2 heterocycles. The lowest BCUT2D eigenvalue weighted by molar-refractivity contribution is 0.104. The van der Waals surface area contributed by atoms with Crippen molar-refractivity contribution in [3.8, 4) is 0 Å². The van der Waals surface area contributed by atoms with Crippen molar-refractivity contribution in [1.82, 2.24) is 9.88 Å². The standard InChI is InChI=1S/C23H31ClN2O2/c1-3-28-22(27)26-13-9-16(10-14-26)20-19-8-11-23(2,24)15-18(19)7-6-17-5-4-12-25-21(17)20/h4-5,12,18-19H,3,6-11,13-15H2,1-2H3. The number of nitrogens with zero attached hydrogens (tertiary/aromatic N) is 2. The molecule has 1 amide bonds. The number of hydrogen-bond acceptors (Lipinski definition) is 3. The third-order valence-corrected chi connectivity index (χ3v) is 7.15. The van der Waals surface area contributed by atoms with Gasteiger partial charge in [0.05, 0.1) is 12.3 Å². The van der Waals surface area contributed by atoms with E-state index in [1.165, 1.54) is 28.8 Å². The first-order chi connectivity index (χ1) is 13.5. The Hall–Kier alpha value is -1.55. The van der Waals surface area contributed by atoms with Gasteiger partial charge in [-0.2, -0.15) is 0 Å². The van der Waals surface area contributed by atoms with E-state index in [-0.39, 0.29) is 11.0 Å². The average Bonchev–Trinajstić information content (AvgIpc) is 2.84. The van der Waals surface area contributed by atoms with Gasteiger partial charge in [-0.1, -0.05) is 11.6 Å². The van der Waals surface area contributed by atoms with Crippen LogP contribution in [0, 0.1) is 11.8 Å². The lowest BCUT2D eigenvalue weighted by Gasteiger charge is -2.41. The van der Waals surface area contributed by atoms with Crippen LogP contribution >= 0.6 is 11.6 Å². The van der Waals surface area contributed by atoms with Crippen molar-refractivity contribution in [2.24, 2.45) is 11.8 Å². The Morgan fingerprint density at radius 1 is 1.32 bits per heavy atom. The zero-order valence-electron chi connectivity index (χ0n) is 17.0. The van der Waals surface area contributed by atoms with Crippen LogP contribution in [-0.2, 0) is 11.2 Å². The Morgan fingerprint density at radius 2 is 2.11 bits per heavy atom. The summed E-state index contributed by atoms with van der Waals surface area (Å²) in [6.45, 7) is 5.97. The molecule has 1 aromatic heterocycles. The Kier molecular flexibility index (Phi) is 5.69. The van der Waals surface area contributed by atoms with Crippen LogP contribution in [0.2, 0.25) is 0 Å². The molecule has 0 bridgehead atoms. The second-order valence-corrected chi connectivity index (χ2v) is 9.69. The maximum absolute atomic E-state index is 12.1. The monoisotopic (exact) mass is 402 g/mol. The maximum Gasteiger partial charge on any atom is 0.409 e. The summed E-state index contributed by atoms with van der Waals surface area (Å²) >= 11 is 6.78. The van der Waals surface area contributed by atoms with E-state index in [1.807, 2.05) is 18.0 Å². The van der Waals surface area contributed by atoms with Gasteiger partial charge < -0.3 is 9.64 Å². The predicted molar refractivity (Wildman–Crippen MR) is 112 cm³/mol. The summed E-state index contributed by atoms with van der Waals surface area (Å²) in [7, 11) is 0. The first-order valence-corrected chi connectivity index (χ1v) is 11.1. The van der Waals surface area contributed by atoms with Crippen molar-refractivity contribution in [3.63, 3.8) is 0 Å². The fourth-order valence-electron chi connectivity index (χ4n) is 5.44. The quantitative estimate of drug-likeness (QED) is 0.586. The van der Waals surface area contributed by atoms with Gasteiger partial charge in [0.25, 0.3) is 0 Å². The van der Waals surface area contributed by atoms with Gasteiger partial charge in [-0.25, -0.2) is 4.79 Å². The molecule has 1 aromatic rings. The molecule has 0 spiro atoms. The van der Waals surface area contributed by atoms with Crippen LogP contribution in [0.3, 0.4) is 0 Å². The summed E-state index contributed by atoms with van der Waals surface area (Å²) in [5, 5.41) is 0. The van der Waals surface area contributed by atoms with E-state index in [4.69, 9.17) is 21.3 Å². The summed E-state index contributed by atoms with van der Waals surface area (Å²) in [5.41, 5.74) is 5.57. The summed E-state index contributed by atoms with van der Waals surface area (Å²) in [6, 6.07) is 4.30. The SMILES string of the molecule is CCOC(=O)N1CCC(=C2c3ncccc3CCC3CC(C)(Cl)CCC23)CC1. The van der Waals surface area contributed by atoms with Crippen LogP contribution in [0.4, 0.5) is 4.79 Å². The molecule has 2 aliphatic carbocycles. The summed E-state index contributed by atoms with van der Waals surface area (Å²) in [6.07, 6.45) is 9.16. The molecule has 3 unspecified atom stereocenters. The van der Waals surface area contributed by atoms with E-state index in [1.54, 1.807) is 0 Å². The molecule has 1 saturated carbocycles. The zero-order valence-corrected chi connectivity index (χ0v) is 17.8. The van der Waals surface area contributed by atoms with Crippen molar-refractivity contribution < 1.29 is 9.53 Å². The topological polar surface area (TPSA) is 42.4 Å². The minimum Gasteiger partial charge on any atom is -0.450 e. The van der Waals surface area contributed by atoms with Crippen molar-refractivity contribution in [3.05, 3.63) is 35.2 Å². The number of carbonyl (C=O) groups excluding carboxylic acids is 1. The van der Waals surface area contributed by atoms with Crippen molar-refractivity contribution in [2.45, 2.75) is 63.7 Å². The smallest absolute Gasteiger partial charge is 0.409 e. The molecule has 0 aromatic carbocycles. The average molecular weight is 403 g/mol. The summed E-state index contributed by atoms with van der Waals surface area (Å²) < 4.78 is 5.19. The number of rotatable bonds is 1. The highest BCUT2D eigenvalue weighted by Gasteiger charge is 2.41. The van der Waals surface area contributed by atoms with Crippen LogP contribution in [0.25, 0.3) is 5.57 Å². The number of likely N-dealkylation sites (tertiary alicyclic amines) is 1. The number of alkyl halides is 1. The normalized spacial score (nSPS) is 30.3. The van der Waals surface area contributed by atoms with E-state index in [0.29, 0.717) is 18.4 Å². The van der Waals surface area contributed by atoms with Gasteiger partial charge >= 0.3 is 6.09 Å². The summed E-state index contributed by atoms with van der Waals surface area (Å²) in [4.78, 5) is 18.7. The van der Waals surface area contributed by atoms with Gasteiger partial charge in [-0.15, -0.1) is 11.6 Å². The number of ether oxygens (including phenoxy) is 1. The number of carbonyl (C=O) groups is 1. The van der Waals surface area contributed by atoms with Crippen LogP contribution in [0.1, 0.15) is 63.6 Å². The predicted octanol–water partition coefficient (Wildman–Crippen LogP) is 5.45. The Morgan fingerprint density at radius 3 is 2.86 bits per heavy atom. The lowest BCUT2D eigenvalue weighted by atomic mass is 9.68. The Balaban J connectivity index is 1.66. The fourth-order valence-corrected chi connectivity index (χ4v) is 5.75. The molecule has 28 heavy (non-hydrogen) atoms. The first kappa shape index (κ1) is 19.8. The molecule has 4 nitrogen and oxygen atoms in total. The number of halogens is 1. The number of aryl methyl sites for hydroxylation is 1. The van der Waals surface area contributed by atoms with Crippen molar-refractivity contribution in [2.75, 3.05) is 19.7 Å². The number of piperidine rings is 1. The molecule has 1 saturated heterocycles. The lowest BCUT2D eigenvalue weighted by Crippen LogP contribution is -2.38. The van der Waals surface area contributed by atoms with E-state index in [2.05, 4.69) is 19.1 Å². The van der Waals surface area contributed by atoms with Gasteiger partial charge in [0, 0.05) is 24.2 Å². The zero-order chi connectivity index (χ0) is 19.7. The van der Waals surface area contributed by atoms with Crippen LogP contribution in [0.5, 0.6) is 0 Å². The molecule has 2 fully saturated rings. The van der Waals surface area contributed by atoms with Crippen LogP contribution in [0.15, 0.2) is 23.9 Å². The highest BCUT2D eigenvalue weighted by atomic mass is 35.5. The first-order valence-electron chi connectivity index (χ1n) is 10.8. The molecule has 0 radical (unpaired) electrons. The molecule has 0 N–H and O–H groups in total. The largest absolute Gasteiger partial charge is 0.450 e. The van der Waals surface area contributed by atoms with E-state index in [9.17, 15) is 4.79 Å². The molecular formula is C23H31ClN2O2. The molecule has 3 atom stereocenters. The van der Waals surface area contributed by atoms with Gasteiger partial charge in [0.1, 0.15) is 0 Å². The van der Waals surface area contributed by atoms with Crippen molar-refractivity contribution >= 4 is 23.3 Å². The minimum absolute atomic E-state index is 0.0752. The second kappa shape index (κ2) is 8.06. The number of pyridine rings is 1. The number of fused-ring (bicyclic) bond motifs is 2. The molecule has 5 heteroatoms. The maximum atomic E-state index is 12.1. The number of amides is 1. The van der Waals surface area contributed by atoms with E-state index >= 15 is 0 Å². The van der Waals surface area contributed by atoms with Crippen LogP contribution < -0.4 is 0 Å². The third kappa shape index (κ3) is 3.94. The molecule has 4 rings (SSSR count). The molecule has 1 aliphatic heterocycles. The Bertz CT molecular complexity index is 764. The molecular weight excluding hydrogens is 372 g/mol. The van der Waals surface area contributed by atoms with Gasteiger partial charge in [-0.05, 0) is 87.8 Å². The van der Waals surface area contributed by atoms with Gasteiger partial charge in [-0.3, -0.25) is 4.98 Å². The third-order valence-electron chi connectivity index (χ3n) is 6.81. The number of hydrogen-bond donors (Lipinski definition) is 0. The fraction of sp³-hybridized carbons (Fsp3) is 0.652. The number of allylic oxidation sites excluding steroid dienone is 1. The highest BCUT2D eigenvalue weighted by molar-refractivity contribution is 6.23. The Labute approximate surface area is 173 Å². The van der Waals surface area contributed by atoms with E-state index in [0.717, 1.165) is 51.6 Å². The van der Waals surface area contributed by atoms with Crippen molar-refractivity contribution in [1.29, 1.82) is 0 Å². The van der Waals surface area contributed by atoms with E-state index < -0.39 is 0 Å². The van der Waals surface area contributed by atoms with Gasteiger partial charge in [0.15, 0.2) is 0 Å². The van der Waals surface area contributed by atoms with Crippen LogP contribution in [-0.4, -0.2) is 40.5 Å². The van der Waals surface area contributed by atoms with Gasteiger partial charge in [0.2, 0.25) is 0 Å². The molecule has 152 valence electrons. The minimum atomic E-state index is -0.181. The second-order valence-electron chi connectivity index (χ2n) is 8.78. The molecule has 3 aliphatic rings. The summed E-state index contributed by atoms with van der Waals surface area (Å²) in [5.74, 6) is 1.17. The number of aromatic nitrogens is 1. The highest BCUT2D eigenvalue weighted by Crippen LogP contribution is 2.51.